The van der Waals surface area contributed by atoms with E-state index in [-0.39, 0.29) is 5.82 Å². The molecular weight excluding hydrogens is 183 g/mol. The summed E-state index contributed by atoms with van der Waals surface area (Å²) in [5.41, 5.74) is 1.98. The number of hydrogen-bond acceptors (Lipinski definition) is 2. The number of ether oxygens (including phenoxy) is 1. The maximum Gasteiger partial charge on any atom is 0.338 e. The molecule has 3 heteroatoms. The first-order valence-electron chi connectivity index (χ1n) is 4.33. The van der Waals surface area contributed by atoms with Gasteiger partial charge in [0, 0.05) is 0 Å². The molecular formula is C11H13FO2. The molecule has 0 saturated carbocycles. The van der Waals surface area contributed by atoms with E-state index in [4.69, 9.17) is 0 Å². The first kappa shape index (κ1) is 10.7. The molecule has 2 nitrogen and oxygen atoms in total. The molecule has 0 bridgehead atoms. The van der Waals surface area contributed by atoms with E-state index >= 15 is 0 Å². The molecule has 0 unspecified atom stereocenters. The van der Waals surface area contributed by atoms with Crippen molar-refractivity contribution in [2.45, 2.75) is 20.8 Å². The Morgan fingerprint density at radius 3 is 2.36 bits per heavy atom. The number of esters is 1. The topological polar surface area (TPSA) is 26.3 Å². The van der Waals surface area contributed by atoms with Gasteiger partial charge in [-0.05, 0) is 37.5 Å². The number of rotatable bonds is 1. The number of methoxy groups -OCH3 is 1. The van der Waals surface area contributed by atoms with Gasteiger partial charge in [0.15, 0.2) is 0 Å². The molecule has 0 aliphatic carbocycles. The van der Waals surface area contributed by atoms with Crippen LogP contribution < -0.4 is 0 Å². The molecule has 1 aromatic carbocycles. The average Bonchev–Trinajstić information content (AvgIpc) is 2.14. The molecule has 14 heavy (non-hydrogen) atoms. The van der Waals surface area contributed by atoms with Crippen LogP contribution in [0.5, 0.6) is 0 Å². The van der Waals surface area contributed by atoms with Gasteiger partial charge in [0.1, 0.15) is 5.82 Å². The number of aryl methyl sites for hydroxylation is 2. The fourth-order valence-corrected chi connectivity index (χ4v) is 1.58. The van der Waals surface area contributed by atoms with E-state index in [9.17, 15) is 9.18 Å². The first-order valence-corrected chi connectivity index (χ1v) is 4.33. The van der Waals surface area contributed by atoms with E-state index in [1.165, 1.54) is 7.11 Å². The molecule has 0 heterocycles. The lowest BCUT2D eigenvalue weighted by Crippen LogP contribution is -2.09. The van der Waals surface area contributed by atoms with Crippen LogP contribution in [0.2, 0.25) is 0 Å². The summed E-state index contributed by atoms with van der Waals surface area (Å²) in [6.45, 7) is 5.03. The second-order valence-corrected chi connectivity index (χ2v) is 3.32. The van der Waals surface area contributed by atoms with Crippen LogP contribution in [0.25, 0.3) is 0 Å². The van der Waals surface area contributed by atoms with Crippen molar-refractivity contribution in [1.29, 1.82) is 0 Å². The van der Waals surface area contributed by atoms with Gasteiger partial charge in [0.2, 0.25) is 0 Å². The Hall–Kier alpha value is -1.38. The van der Waals surface area contributed by atoms with E-state index < -0.39 is 5.97 Å². The number of halogens is 1. The smallest absolute Gasteiger partial charge is 0.338 e. The highest BCUT2D eigenvalue weighted by atomic mass is 19.1. The van der Waals surface area contributed by atoms with Crippen molar-refractivity contribution in [1.82, 2.24) is 0 Å². The predicted octanol–water partition coefficient (Wildman–Crippen LogP) is 2.54. The van der Waals surface area contributed by atoms with Crippen LogP contribution in [0.1, 0.15) is 27.0 Å². The van der Waals surface area contributed by atoms with E-state index in [1.807, 2.05) is 0 Å². The van der Waals surface area contributed by atoms with Crippen molar-refractivity contribution in [3.05, 3.63) is 34.1 Å². The van der Waals surface area contributed by atoms with Gasteiger partial charge in [-0.3, -0.25) is 0 Å². The molecule has 0 aliphatic rings. The quantitative estimate of drug-likeness (QED) is 0.645. The average molecular weight is 196 g/mol. The Bertz CT molecular complexity index is 383. The normalized spacial score (nSPS) is 10.1. The predicted molar refractivity (Wildman–Crippen MR) is 52.0 cm³/mol. The van der Waals surface area contributed by atoms with Crippen LogP contribution in [-0.4, -0.2) is 13.1 Å². The molecule has 76 valence electrons. The van der Waals surface area contributed by atoms with E-state index in [0.717, 1.165) is 5.56 Å². The summed E-state index contributed by atoms with van der Waals surface area (Å²) in [6, 6.07) is 1.65. The third kappa shape index (κ3) is 1.62. The SMILES string of the molecule is COC(=O)c1c(C)cc(C)c(F)c1C. The fourth-order valence-electron chi connectivity index (χ4n) is 1.58. The van der Waals surface area contributed by atoms with Crippen molar-refractivity contribution in [3.63, 3.8) is 0 Å². The Morgan fingerprint density at radius 1 is 1.29 bits per heavy atom. The standard InChI is InChI=1S/C11H13FO2/c1-6-5-7(2)10(12)8(3)9(6)11(13)14-4/h5H,1-4H3. The maximum absolute atomic E-state index is 13.5. The lowest BCUT2D eigenvalue weighted by molar-refractivity contribution is 0.0598. The number of carbonyl (C=O) groups is 1. The second kappa shape index (κ2) is 3.78. The van der Waals surface area contributed by atoms with Crippen LogP contribution in [0.4, 0.5) is 4.39 Å². The van der Waals surface area contributed by atoms with Crippen LogP contribution in [0.3, 0.4) is 0 Å². The largest absolute Gasteiger partial charge is 0.465 e. The monoisotopic (exact) mass is 196 g/mol. The Labute approximate surface area is 82.7 Å². The van der Waals surface area contributed by atoms with Crippen LogP contribution >= 0.6 is 0 Å². The molecule has 0 saturated heterocycles. The zero-order chi connectivity index (χ0) is 10.9. The molecule has 0 spiro atoms. The number of hydrogen-bond donors (Lipinski definition) is 0. The van der Waals surface area contributed by atoms with Crippen molar-refractivity contribution in [2.75, 3.05) is 7.11 Å². The Morgan fingerprint density at radius 2 is 1.86 bits per heavy atom. The molecule has 0 N–H and O–H groups in total. The van der Waals surface area contributed by atoms with Gasteiger partial charge >= 0.3 is 5.97 Å². The number of benzene rings is 1. The summed E-state index contributed by atoms with van der Waals surface area (Å²) in [4.78, 5) is 11.3. The molecule has 0 aliphatic heterocycles. The molecule has 0 atom stereocenters. The van der Waals surface area contributed by atoms with Gasteiger partial charge < -0.3 is 4.74 Å². The highest BCUT2D eigenvalue weighted by Crippen LogP contribution is 2.21. The lowest BCUT2D eigenvalue weighted by Gasteiger charge is -2.10. The molecule has 0 aromatic heterocycles. The summed E-state index contributed by atoms with van der Waals surface area (Å²) >= 11 is 0. The lowest BCUT2D eigenvalue weighted by atomic mass is 9.99. The first-order chi connectivity index (χ1) is 6.49. The van der Waals surface area contributed by atoms with E-state index in [1.54, 1.807) is 26.8 Å². The third-order valence-electron chi connectivity index (χ3n) is 2.27. The third-order valence-corrected chi connectivity index (χ3v) is 2.27. The summed E-state index contributed by atoms with van der Waals surface area (Å²) in [5, 5.41) is 0. The van der Waals surface area contributed by atoms with Crippen molar-refractivity contribution >= 4 is 5.97 Å². The zero-order valence-corrected chi connectivity index (χ0v) is 8.77. The van der Waals surface area contributed by atoms with Gasteiger partial charge in [0.25, 0.3) is 0 Å². The summed E-state index contributed by atoms with van der Waals surface area (Å²) in [6.07, 6.45) is 0. The fraction of sp³-hybridized carbons (Fsp3) is 0.364. The Balaban J connectivity index is 3.44. The molecule has 1 rings (SSSR count). The van der Waals surface area contributed by atoms with Gasteiger partial charge in [-0.25, -0.2) is 9.18 Å². The van der Waals surface area contributed by atoms with Gasteiger partial charge in [0.05, 0.1) is 12.7 Å². The van der Waals surface area contributed by atoms with Gasteiger partial charge in [-0.1, -0.05) is 6.07 Å². The van der Waals surface area contributed by atoms with E-state index in [0.29, 0.717) is 16.7 Å². The summed E-state index contributed by atoms with van der Waals surface area (Å²) < 4.78 is 18.0. The zero-order valence-electron chi connectivity index (χ0n) is 8.77. The highest BCUT2D eigenvalue weighted by molar-refractivity contribution is 5.92. The molecule has 0 amide bonds. The molecule has 0 fully saturated rings. The van der Waals surface area contributed by atoms with Crippen molar-refractivity contribution in [3.8, 4) is 0 Å². The summed E-state index contributed by atoms with van der Waals surface area (Å²) in [5.74, 6) is -0.824. The minimum absolute atomic E-state index is 0.329. The maximum atomic E-state index is 13.5. The van der Waals surface area contributed by atoms with Crippen LogP contribution in [-0.2, 0) is 4.74 Å². The second-order valence-electron chi connectivity index (χ2n) is 3.32. The highest BCUT2D eigenvalue weighted by Gasteiger charge is 2.17. The molecule has 0 radical (unpaired) electrons. The van der Waals surface area contributed by atoms with Crippen LogP contribution in [0.15, 0.2) is 6.07 Å². The van der Waals surface area contributed by atoms with Crippen molar-refractivity contribution in [2.24, 2.45) is 0 Å². The summed E-state index contributed by atoms with van der Waals surface area (Å²) in [7, 11) is 1.29. The van der Waals surface area contributed by atoms with Crippen LogP contribution in [0, 0.1) is 26.6 Å². The van der Waals surface area contributed by atoms with E-state index in [2.05, 4.69) is 4.74 Å². The number of carbonyl (C=O) groups excluding carboxylic acids is 1. The van der Waals surface area contributed by atoms with Gasteiger partial charge in [-0.15, -0.1) is 0 Å². The van der Waals surface area contributed by atoms with Gasteiger partial charge in [-0.2, -0.15) is 0 Å². The Kier molecular flexibility index (Phi) is 2.89. The minimum Gasteiger partial charge on any atom is -0.465 e. The minimum atomic E-state index is -0.487. The van der Waals surface area contributed by atoms with Crippen molar-refractivity contribution < 1.29 is 13.9 Å². The molecule has 1 aromatic rings.